The van der Waals surface area contributed by atoms with E-state index < -0.39 is 6.10 Å². The summed E-state index contributed by atoms with van der Waals surface area (Å²) < 4.78 is 16.8. The van der Waals surface area contributed by atoms with Crippen molar-refractivity contribution in [1.29, 1.82) is 0 Å². The second kappa shape index (κ2) is 52.9. The van der Waals surface area contributed by atoms with Crippen LogP contribution >= 0.6 is 0 Å². The van der Waals surface area contributed by atoms with Crippen molar-refractivity contribution < 1.29 is 28.6 Å². The molecule has 0 aliphatic heterocycles. The topological polar surface area (TPSA) is 78.9 Å². The minimum atomic E-state index is -0.802. The Kier molecular flexibility index (Phi) is 50.0. The van der Waals surface area contributed by atoms with Gasteiger partial charge < -0.3 is 14.2 Å². The molecule has 0 aromatic heterocycles. The fraction of sp³-hybridized carbons (Fsp3) is 0.678. The van der Waals surface area contributed by atoms with Crippen LogP contribution in [-0.4, -0.2) is 37.2 Å². The van der Waals surface area contributed by atoms with E-state index in [1.165, 1.54) is 57.8 Å². The van der Waals surface area contributed by atoms with Crippen LogP contribution < -0.4 is 0 Å². The summed E-state index contributed by atoms with van der Waals surface area (Å²) >= 11 is 0. The lowest BCUT2D eigenvalue weighted by atomic mass is 10.1. The van der Waals surface area contributed by atoms with Gasteiger partial charge in [0, 0.05) is 19.3 Å². The molecule has 0 saturated carbocycles. The van der Waals surface area contributed by atoms with Gasteiger partial charge >= 0.3 is 17.9 Å². The number of unbranched alkanes of at least 4 members (excludes halogenated alkanes) is 20. The van der Waals surface area contributed by atoms with E-state index in [9.17, 15) is 14.4 Å². The molecular weight excluding hydrogens is 805 g/mol. The predicted molar refractivity (Wildman–Crippen MR) is 279 cm³/mol. The summed E-state index contributed by atoms with van der Waals surface area (Å²) in [5.41, 5.74) is 0. The molecule has 6 nitrogen and oxygen atoms in total. The third kappa shape index (κ3) is 51.2. The van der Waals surface area contributed by atoms with Crippen LogP contribution in [0.25, 0.3) is 0 Å². The standard InChI is InChI=1S/C59H98O6/c1-4-7-10-13-16-19-22-25-28-29-32-35-38-41-44-47-50-53-59(62)65-56(54-63-57(60)51-48-45-42-39-36-33-30-26-23-20-17-14-11-8-5-2)55-64-58(61)52-49-46-43-40-37-34-31-27-24-21-18-15-12-9-6-3/h7-8,10-11,16-17,19-20,25-28,30-32,35,56H,4-6,9,12-15,18,21-24,29,33-34,36-55H2,1-3H3/b10-7-,11-8-,19-16-,20-17-,28-25-,30-26-,31-27-,35-32-/t56-/m1/s1. The van der Waals surface area contributed by atoms with Gasteiger partial charge in [-0.05, 0) is 116 Å². The molecule has 1 atom stereocenters. The first-order valence-electron chi connectivity index (χ1n) is 26.7. The molecule has 0 heterocycles. The molecule has 0 N–H and O–H groups in total. The monoisotopic (exact) mass is 903 g/mol. The Bertz CT molecular complexity index is 1310. The number of allylic oxidation sites excluding steroid dienone is 16. The highest BCUT2D eigenvalue weighted by Gasteiger charge is 2.19. The smallest absolute Gasteiger partial charge is 0.306 e. The van der Waals surface area contributed by atoms with Crippen LogP contribution in [0.4, 0.5) is 0 Å². The molecule has 0 fully saturated rings. The predicted octanol–water partition coefficient (Wildman–Crippen LogP) is 17.8. The van der Waals surface area contributed by atoms with Gasteiger partial charge in [0.2, 0.25) is 0 Å². The first-order valence-corrected chi connectivity index (χ1v) is 26.7. The maximum Gasteiger partial charge on any atom is 0.306 e. The minimum absolute atomic E-state index is 0.0984. The lowest BCUT2D eigenvalue weighted by Gasteiger charge is -2.18. The van der Waals surface area contributed by atoms with Gasteiger partial charge in [-0.1, -0.05) is 201 Å². The number of carbonyl (C=O) groups is 3. The van der Waals surface area contributed by atoms with Crippen molar-refractivity contribution in [1.82, 2.24) is 0 Å². The maximum atomic E-state index is 12.8. The van der Waals surface area contributed by atoms with E-state index in [0.717, 1.165) is 141 Å². The first-order chi connectivity index (χ1) is 32.0. The average molecular weight is 903 g/mol. The van der Waals surface area contributed by atoms with Crippen molar-refractivity contribution >= 4 is 17.9 Å². The summed E-state index contributed by atoms with van der Waals surface area (Å²) in [5.74, 6) is -0.949. The van der Waals surface area contributed by atoms with E-state index >= 15 is 0 Å². The number of esters is 3. The molecule has 0 aliphatic carbocycles. The third-order valence-electron chi connectivity index (χ3n) is 11.1. The van der Waals surface area contributed by atoms with E-state index in [1.54, 1.807) is 0 Å². The number of hydrogen-bond donors (Lipinski definition) is 0. The molecule has 0 radical (unpaired) electrons. The zero-order valence-electron chi connectivity index (χ0n) is 42.2. The number of rotatable bonds is 47. The fourth-order valence-corrected chi connectivity index (χ4v) is 7.09. The van der Waals surface area contributed by atoms with E-state index in [4.69, 9.17) is 14.2 Å². The van der Waals surface area contributed by atoms with Gasteiger partial charge in [0.05, 0.1) is 0 Å². The highest BCUT2D eigenvalue weighted by molar-refractivity contribution is 5.71. The summed E-state index contributed by atoms with van der Waals surface area (Å²) in [5, 5.41) is 0. The Morgan fingerprint density at radius 3 is 0.954 bits per heavy atom. The van der Waals surface area contributed by atoms with Crippen LogP contribution in [0.2, 0.25) is 0 Å². The lowest BCUT2D eigenvalue weighted by Crippen LogP contribution is -2.30. The molecule has 0 bridgehead atoms. The summed E-state index contributed by atoms with van der Waals surface area (Å²) in [4.78, 5) is 38.1. The average Bonchev–Trinajstić information content (AvgIpc) is 3.30. The molecule has 6 heteroatoms. The third-order valence-corrected chi connectivity index (χ3v) is 11.1. The number of ether oxygens (including phenoxy) is 3. The van der Waals surface area contributed by atoms with Crippen molar-refractivity contribution in [3.05, 3.63) is 97.2 Å². The van der Waals surface area contributed by atoms with Crippen molar-refractivity contribution in [3.63, 3.8) is 0 Å². The molecule has 0 aliphatic rings. The lowest BCUT2D eigenvalue weighted by molar-refractivity contribution is -0.167. The Morgan fingerprint density at radius 1 is 0.323 bits per heavy atom. The summed E-state index contributed by atoms with van der Waals surface area (Å²) in [7, 11) is 0. The molecular formula is C59H98O6. The van der Waals surface area contributed by atoms with Gasteiger partial charge in [0.25, 0.3) is 0 Å². The fourth-order valence-electron chi connectivity index (χ4n) is 7.09. The van der Waals surface area contributed by atoms with Gasteiger partial charge in [-0.15, -0.1) is 0 Å². The van der Waals surface area contributed by atoms with Crippen LogP contribution in [0.1, 0.15) is 239 Å². The molecule has 0 rings (SSSR count). The zero-order chi connectivity index (χ0) is 47.2. The summed E-state index contributed by atoms with van der Waals surface area (Å²) in [6, 6.07) is 0. The van der Waals surface area contributed by atoms with Crippen LogP contribution in [0.15, 0.2) is 97.2 Å². The molecule has 0 saturated heterocycles. The van der Waals surface area contributed by atoms with E-state index in [0.29, 0.717) is 19.3 Å². The minimum Gasteiger partial charge on any atom is -0.462 e. The molecule has 0 aromatic carbocycles. The van der Waals surface area contributed by atoms with Crippen LogP contribution in [0.3, 0.4) is 0 Å². The van der Waals surface area contributed by atoms with Gasteiger partial charge in [0.15, 0.2) is 6.10 Å². The Hall–Kier alpha value is -3.67. The highest BCUT2D eigenvalue weighted by Crippen LogP contribution is 2.13. The van der Waals surface area contributed by atoms with Gasteiger partial charge in [-0.3, -0.25) is 14.4 Å². The van der Waals surface area contributed by atoms with Crippen LogP contribution in [-0.2, 0) is 28.6 Å². The largest absolute Gasteiger partial charge is 0.462 e. The Balaban J connectivity index is 4.48. The van der Waals surface area contributed by atoms with Gasteiger partial charge in [-0.25, -0.2) is 0 Å². The van der Waals surface area contributed by atoms with Crippen molar-refractivity contribution in [2.75, 3.05) is 13.2 Å². The molecule has 0 unspecified atom stereocenters. The van der Waals surface area contributed by atoms with E-state index in [-0.39, 0.29) is 31.1 Å². The van der Waals surface area contributed by atoms with E-state index in [1.807, 2.05) is 0 Å². The summed E-state index contributed by atoms with van der Waals surface area (Å²) in [6.45, 7) is 6.36. The van der Waals surface area contributed by atoms with Gasteiger partial charge in [0.1, 0.15) is 13.2 Å². The number of hydrogen-bond acceptors (Lipinski definition) is 6. The SMILES string of the molecule is CC/C=C\C/C=C\C/C=C\C/C=C\CCCCCCC(=O)O[C@H](COC(=O)CCCCCCC/C=C\C/C=C\C/C=C\CC)COC(=O)CCCCCCC/C=C\CCCCCCCC. The van der Waals surface area contributed by atoms with Crippen molar-refractivity contribution in [2.45, 2.75) is 245 Å². The van der Waals surface area contributed by atoms with Crippen LogP contribution in [0, 0.1) is 0 Å². The van der Waals surface area contributed by atoms with Crippen LogP contribution in [0.5, 0.6) is 0 Å². The Labute approximate surface area is 400 Å². The molecule has 65 heavy (non-hydrogen) atoms. The van der Waals surface area contributed by atoms with Gasteiger partial charge in [-0.2, -0.15) is 0 Å². The summed E-state index contributed by atoms with van der Waals surface area (Å²) in [6.07, 6.45) is 69.6. The maximum absolute atomic E-state index is 12.8. The molecule has 0 spiro atoms. The van der Waals surface area contributed by atoms with Crippen molar-refractivity contribution in [3.8, 4) is 0 Å². The van der Waals surface area contributed by atoms with E-state index in [2.05, 4.69) is 118 Å². The zero-order valence-corrected chi connectivity index (χ0v) is 42.2. The molecule has 0 amide bonds. The van der Waals surface area contributed by atoms with Crippen molar-refractivity contribution in [2.24, 2.45) is 0 Å². The molecule has 0 aromatic rings. The highest BCUT2D eigenvalue weighted by atomic mass is 16.6. The number of carbonyl (C=O) groups excluding carboxylic acids is 3. The Morgan fingerprint density at radius 2 is 0.600 bits per heavy atom. The second-order valence-electron chi connectivity index (χ2n) is 17.4. The quantitative estimate of drug-likeness (QED) is 0.0262. The normalized spacial score (nSPS) is 12.8. The second-order valence-corrected chi connectivity index (χ2v) is 17.4. The molecule has 370 valence electrons. The first kappa shape index (κ1) is 61.3.